The summed E-state index contributed by atoms with van der Waals surface area (Å²) < 4.78 is 0. The van der Waals surface area contributed by atoms with E-state index in [2.05, 4.69) is 79.9 Å². The fourth-order valence-corrected chi connectivity index (χ4v) is 7.51. The van der Waals surface area contributed by atoms with E-state index in [0.717, 1.165) is 57.8 Å². The number of rotatable bonds is 45. The van der Waals surface area contributed by atoms with Gasteiger partial charge in [0.25, 0.3) is 0 Å². The molecule has 0 aliphatic heterocycles. The highest BCUT2D eigenvalue weighted by molar-refractivity contribution is 5.76. The quantitative estimate of drug-likeness (QED) is 0.0425. The normalized spacial score (nSPS) is 13.4. The summed E-state index contributed by atoms with van der Waals surface area (Å²) >= 11 is 0. The molecule has 2 unspecified atom stereocenters. The molecular formula is C53H97NO3. The van der Waals surface area contributed by atoms with Gasteiger partial charge in [0.1, 0.15) is 0 Å². The monoisotopic (exact) mass is 796 g/mol. The average molecular weight is 796 g/mol. The number of nitrogens with one attached hydrogen (secondary N) is 1. The maximum absolute atomic E-state index is 12.5. The van der Waals surface area contributed by atoms with Crippen molar-refractivity contribution in [2.24, 2.45) is 0 Å². The minimum absolute atomic E-state index is 0.0331. The number of aliphatic hydroxyl groups excluding tert-OH is 2. The number of aliphatic hydroxyl groups is 2. The minimum atomic E-state index is -0.661. The molecule has 0 bridgehead atoms. The topological polar surface area (TPSA) is 69.6 Å². The standard InChI is InChI=1S/C53H97NO3/c1-3-5-7-9-11-13-15-17-19-21-22-23-24-25-26-27-28-29-30-31-32-33-35-37-39-41-43-45-47-49-53(57)54-51(50-55)52(56)48-46-44-42-40-38-36-34-20-18-16-14-12-10-8-6-4-2/h5,7,11,13,17,19,22-23,25-26,51-52,55-56H,3-4,6,8-10,12,14-16,18,20-21,24,27-50H2,1-2H3,(H,54,57)/b7-5-,13-11-,19-17-,23-22-,26-25-. The van der Waals surface area contributed by atoms with E-state index < -0.39 is 12.1 Å². The van der Waals surface area contributed by atoms with Gasteiger partial charge in [0.05, 0.1) is 18.8 Å². The predicted octanol–water partition coefficient (Wildman–Crippen LogP) is 16.1. The van der Waals surface area contributed by atoms with Crippen LogP contribution in [0, 0.1) is 0 Å². The third kappa shape index (κ3) is 45.0. The molecule has 0 aliphatic carbocycles. The van der Waals surface area contributed by atoms with Crippen molar-refractivity contribution in [3.05, 3.63) is 60.8 Å². The molecule has 0 aromatic heterocycles. The summed E-state index contributed by atoms with van der Waals surface area (Å²) in [7, 11) is 0. The summed E-state index contributed by atoms with van der Waals surface area (Å²) in [5, 5.41) is 23.2. The Morgan fingerprint density at radius 1 is 0.439 bits per heavy atom. The van der Waals surface area contributed by atoms with Gasteiger partial charge in [0.2, 0.25) is 5.91 Å². The van der Waals surface area contributed by atoms with Crippen molar-refractivity contribution < 1.29 is 15.0 Å². The van der Waals surface area contributed by atoms with Crippen LogP contribution in [-0.2, 0) is 4.79 Å². The highest BCUT2D eigenvalue weighted by atomic mass is 16.3. The molecule has 4 nitrogen and oxygen atoms in total. The second-order valence-corrected chi connectivity index (χ2v) is 16.9. The largest absolute Gasteiger partial charge is 0.394 e. The highest BCUT2D eigenvalue weighted by Gasteiger charge is 2.20. The van der Waals surface area contributed by atoms with Gasteiger partial charge in [-0.15, -0.1) is 0 Å². The molecule has 0 spiro atoms. The molecular weight excluding hydrogens is 699 g/mol. The Balaban J connectivity index is 3.50. The molecule has 0 aromatic rings. The molecule has 4 heteroatoms. The fourth-order valence-electron chi connectivity index (χ4n) is 7.51. The number of carbonyl (C=O) groups is 1. The van der Waals surface area contributed by atoms with Crippen LogP contribution in [0.1, 0.15) is 251 Å². The molecule has 0 saturated heterocycles. The fraction of sp³-hybridized carbons (Fsp3) is 0.792. The van der Waals surface area contributed by atoms with E-state index in [1.807, 2.05) is 0 Å². The summed E-state index contributed by atoms with van der Waals surface area (Å²) in [6.07, 6.45) is 67.5. The molecule has 0 aliphatic rings. The molecule has 0 saturated carbocycles. The van der Waals surface area contributed by atoms with Gasteiger partial charge in [-0.25, -0.2) is 0 Å². The number of hydrogen-bond donors (Lipinski definition) is 3. The van der Waals surface area contributed by atoms with Crippen LogP contribution in [0.4, 0.5) is 0 Å². The second-order valence-electron chi connectivity index (χ2n) is 16.9. The maximum Gasteiger partial charge on any atom is 0.220 e. The predicted molar refractivity (Wildman–Crippen MR) is 253 cm³/mol. The van der Waals surface area contributed by atoms with Gasteiger partial charge in [-0.3, -0.25) is 4.79 Å². The molecule has 0 heterocycles. The van der Waals surface area contributed by atoms with E-state index in [9.17, 15) is 15.0 Å². The SMILES string of the molecule is CC/C=C\C/C=C\C/C=C\C/C=C\C/C=C\CCCCCCCCCCCCCCCC(=O)NC(CO)C(O)CCCCCCCCCCCCCCCCCC. The third-order valence-corrected chi connectivity index (χ3v) is 11.3. The number of amides is 1. The smallest absolute Gasteiger partial charge is 0.220 e. The van der Waals surface area contributed by atoms with Crippen molar-refractivity contribution in [3.63, 3.8) is 0 Å². The average Bonchev–Trinajstić information content (AvgIpc) is 3.22. The zero-order valence-corrected chi connectivity index (χ0v) is 38.1. The first-order valence-electron chi connectivity index (χ1n) is 25.0. The molecule has 0 aromatic carbocycles. The molecule has 0 rings (SSSR count). The van der Waals surface area contributed by atoms with Crippen LogP contribution >= 0.6 is 0 Å². The van der Waals surface area contributed by atoms with Crippen LogP contribution < -0.4 is 5.32 Å². The van der Waals surface area contributed by atoms with Gasteiger partial charge in [-0.1, -0.05) is 248 Å². The van der Waals surface area contributed by atoms with Crippen LogP contribution in [0.15, 0.2) is 60.8 Å². The van der Waals surface area contributed by atoms with Crippen molar-refractivity contribution in [3.8, 4) is 0 Å². The molecule has 2 atom stereocenters. The van der Waals surface area contributed by atoms with Crippen LogP contribution in [0.2, 0.25) is 0 Å². The van der Waals surface area contributed by atoms with Crippen LogP contribution in [0.25, 0.3) is 0 Å². The van der Waals surface area contributed by atoms with Crippen LogP contribution in [0.5, 0.6) is 0 Å². The van der Waals surface area contributed by atoms with Gasteiger partial charge in [-0.05, 0) is 57.8 Å². The van der Waals surface area contributed by atoms with Gasteiger partial charge in [0, 0.05) is 6.42 Å². The van der Waals surface area contributed by atoms with E-state index in [1.165, 1.54) is 167 Å². The van der Waals surface area contributed by atoms with E-state index in [1.54, 1.807) is 0 Å². The van der Waals surface area contributed by atoms with Gasteiger partial charge < -0.3 is 15.5 Å². The van der Waals surface area contributed by atoms with Gasteiger partial charge in [-0.2, -0.15) is 0 Å². The molecule has 3 N–H and O–H groups in total. The second kappa shape index (κ2) is 48.5. The zero-order valence-electron chi connectivity index (χ0n) is 38.1. The summed E-state index contributed by atoms with van der Waals surface area (Å²) in [5.41, 5.74) is 0. The van der Waals surface area contributed by atoms with E-state index >= 15 is 0 Å². The third-order valence-electron chi connectivity index (χ3n) is 11.3. The van der Waals surface area contributed by atoms with Crippen molar-refractivity contribution in [1.29, 1.82) is 0 Å². The zero-order chi connectivity index (χ0) is 41.4. The lowest BCUT2D eigenvalue weighted by Gasteiger charge is -2.22. The van der Waals surface area contributed by atoms with E-state index in [4.69, 9.17) is 0 Å². The minimum Gasteiger partial charge on any atom is -0.394 e. The number of unbranched alkanes of at least 4 members (excludes halogenated alkanes) is 28. The lowest BCUT2D eigenvalue weighted by molar-refractivity contribution is -0.123. The Hall–Kier alpha value is -1.91. The molecule has 57 heavy (non-hydrogen) atoms. The summed E-state index contributed by atoms with van der Waals surface area (Å²) in [6.45, 7) is 4.25. The van der Waals surface area contributed by atoms with Crippen molar-refractivity contribution >= 4 is 5.91 Å². The Labute approximate surface area is 356 Å². The highest BCUT2D eigenvalue weighted by Crippen LogP contribution is 2.16. The van der Waals surface area contributed by atoms with Gasteiger partial charge in [0.15, 0.2) is 0 Å². The lowest BCUT2D eigenvalue weighted by Crippen LogP contribution is -2.45. The number of allylic oxidation sites excluding steroid dienone is 10. The molecule has 332 valence electrons. The number of carbonyl (C=O) groups excluding carboxylic acids is 1. The Bertz CT molecular complexity index is 950. The van der Waals surface area contributed by atoms with Crippen molar-refractivity contribution in [2.75, 3.05) is 6.61 Å². The Kier molecular flexibility index (Phi) is 46.8. The maximum atomic E-state index is 12.5. The Morgan fingerprint density at radius 2 is 0.772 bits per heavy atom. The van der Waals surface area contributed by atoms with Gasteiger partial charge >= 0.3 is 0 Å². The lowest BCUT2D eigenvalue weighted by atomic mass is 10.0. The molecule has 0 radical (unpaired) electrons. The summed E-state index contributed by atoms with van der Waals surface area (Å²) in [6, 6.07) is -0.538. The van der Waals surface area contributed by atoms with E-state index in [0.29, 0.717) is 12.8 Å². The summed E-state index contributed by atoms with van der Waals surface area (Å²) in [4.78, 5) is 12.5. The van der Waals surface area contributed by atoms with Crippen molar-refractivity contribution in [2.45, 2.75) is 264 Å². The van der Waals surface area contributed by atoms with Crippen LogP contribution in [0.3, 0.4) is 0 Å². The van der Waals surface area contributed by atoms with Crippen molar-refractivity contribution in [1.82, 2.24) is 5.32 Å². The first kappa shape index (κ1) is 55.1. The molecule has 0 fully saturated rings. The number of hydrogen-bond acceptors (Lipinski definition) is 3. The first-order valence-corrected chi connectivity index (χ1v) is 25.0. The summed E-state index contributed by atoms with van der Waals surface area (Å²) in [5.74, 6) is -0.0331. The Morgan fingerprint density at radius 3 is 1.16 bits per heavy atom. The molecule has 1 amide bonds. The first-order chi connectivity index (χ1) is 28.2. The van der Waals surface area contributed by atoms with E-state index in [-0.39, 0.29) is 12.5 Å². The van der Waals surface area contributed by atoms with Crippen LogP contribution in [-0.4, -0.2) is 34.9 Å².